The summed E-state index contributed by atoms with van der Waals surface area (Å²) in [5, 5.41) is 32.2. The Balaban J connectivity index is 1.64. The lowest BCUT2D eigenvalue weighted by atomic mass is 9.83. The van der Waals surface area contributed by atoms with Crippen LogP contribution in [0.15, 0.2) is 34.1 Å². The van der Waals surface area contributed by atoms with E-state index in [4.69, 9.17) is 9.84 Å². The Labute approximate surface area is 424 Å². The van der Waals surface area contributed by atoms with Crippen molar-refractivity contribution >= 4 is 80.2 Å². The van der Waals surface area contributed by atoms with Gasteiger partial charge in [-0.05, 0) is 97.6 Å². The number of carbonyl (C=O) groups excluding carboxylic acids is 7. The number of Topliss-reactive ketones (excluding diaryl/α,β-unsaturated/α-hetero) is 1. The van der Waals surface area contributed by atoms with Crippen LogP contribution in [-0.2, 0) is 44.7 Å². The number of phenolic OH excluding ortho intramolecular Hbond substituents is 1. The van der Waals surface area contributed by atoms with E-state index in [2.05, 4.69) is 47.1 Å². The standard InChI is InChI=1S/C50H74BrN7O11S/c1-9-15-34(24-33-19-20-41(60)37(25-33)55-44(62)17-13-21-52-45(63)27-36(51)47(66)53-22-14-18-46(64)65)54-48(67)38-29-70-49(56-38)43(69-32(6)59)28-40(30(3)4)58(8)50(68)35(31(5)10-2)26-42(61)39-16-11-12-23-57(39)7/h19-20,25,27,29-31,34-35,39-40,43,60H,9-18,21-24,26,28H2,1-8H3,(H,52,63)(H,53,66)(H,54,67)(H,55,62)(H,64,65)/b36-27-/t31-,34+,35-,39+,40+,43+/m0/s1. The summed E-state index contributed by atoms with van der Waals surface area (Å²) in [6.07, 6.45) is 6.26. The maximum absolute atomic E-state index is 14.4. The first-order chi connectivity index (χ1) is 33.1. The molecule has 70 heavy (non-hydrogen) atoms. The van der Waals surface area contributed by atoms with Gasteiger partial charge >= 0.3 is 11.9 Å². The number of ether oxygens (including phenoxy) is 1. The fraction of sp³-hybridized carbons (Fsp3) is 0.620. The Bertz CT molecular complexity index is 2150. The molecule has 1 aliphatic rings. The number of aromatic nitrogens is 1. The SMILES string of the molecule is CCC[C@H](Cc1ccc(O)c(NC(=O)CCCNC(=O)/C=C(\Br)C(=O)NCCCC(=O)O)c1)NC(=O)c1csc([C@@H](C[C@H](C(C)C)N(C)C(=O)[C@@H](CC(=O)[C@H]2CCCCN2C)[C@@H](C)CC)OC(C)=O)n1. The summed E-state index contributed by atoms with van der Waals surface area (Å²) < 4.78 is 5.79. The zero-order valence-electron chi connectivity index (χ0n) is 41.9. The van der Waals surface area contributed by atoms with Gasteiger partial charge in [-0.25, -0.2) is 4.98 Å². The number of phenols is 1. The van der Waals surface area contributed by atoms with E-state index in [1.165, 1.54) is 24.3 Å². The molecule has 2 aromatic rings. The van der Waals surface area contributed by atoms with Crippen molar-refractivity contribution in [2.75, 3.05) is 39.0 Å². The van der Waals surface area contributed by atoms with E-state index in [1.54, 1.807) is 29.5 Å². The Hall–Kier alpha value is -5.21. The molecule has 0 radical (unpaired) electrons. The minimum absolute atomic E-state index is 0.00763. The quantitative estimate of drug-likeness (QED) is 0.0216. The number of nitrogens with zero attached hydrogens (tertiary/aromatic N) is 3. The zero-order valence-corrected chi connectivity index (χ0v) is 44.3. The molecule has 6 atom stereocenters. The molecule has 0 aliphatic carbocycles. The average molecular weight is 1060 g/mol. The van der Waals surface area contributed by atoms with Crippen molar-refractivity contribution in [2.24, 2.45) is 17.8 Å². The molecule has 388 valence electrons. The number of halogens is 1. The Morgan fingerprint density at radius 3 is 2.37 bits per heavy atom. The van der Waals surface area contributed by atoms with Crippen LogP contribution in [0.2, 0.25) is 0 Å². The van der Waals surface area contributed by atoms with Gasteiger partial charge in [0.2, 0.25) is 17.7 Å². The van der Waals surface area contributed by atoms with E-state index in [0.717, 1.165) is 50.3 Å². The van der Waals surface area contributed by atoms with E-state index in [9.17, 15) is 43.5 Å². The van der Waals surface area contributed by atoms with Crippen molar-refractivity contribution in [3.63, 3.8) is 0 Å². The van der Waals surface area contributed by atoms with Gasteiger partial charge in [-0.2, -0.15) is 0 Å². The molecule has 0 unspecified atom stereocenters. The van der Waals surface area contributed by atoms with Crippen LogP contribution in [0.1, 0.15) is 146 Å². The topological polar surface area (TPSA) is 254 Å². The summed E-state index contributed by atoms with van der Waals surface area (Å²) >= 11 is 4.22. The molecular weight excluding hydrogens is 987 g/mol. The highest BCUT2D eigenvalue weighted by atomic mass is 79.9. The van der Waals surface area contributed by atoms with Crippen LogP contribution in [0, 0.1) is 17.8 Å². The first-order valence-electron chi connectivity index (χ1n) is 24.3. The third kappa shape index (κ3) is 19.5. The van der Waals surface area contributed by atoms with E-state index in [-0.39, 0.29) is 115 Å². The number of thiazole rings is 1. The van der Waals surface area contributed by atoms with Crippen LogP contribution >= 0.6 is 27.3 Å². The number of carboxylic acids is 1. The van der Waals surface area contributed by atoms with Crippen LogP contribution < -0.4 is 21.3 Å². The fourth-order valence-electron chi connectivity index (χ4n) is 8.47. The minimum Gasteiger partial charge on any atom is -0.506 e. The second kappa shape index (κ2) is 29.8. The van der Waals surface area contributed by atoms with E-state index < -0.39 is 47.6 Å². The third-order valence-corrected chi connectivity index (χ3v) is 14.1. The normalized spacial score (nSPS) is 16.3. The first-order valence-corrected chi connectivity index (χ1v) is 26.0. The van der Waals surface area contributed by atoms with Gasteiger partial charge in [0.15, 0.2) is 11.9 Å². The number of rotatable bonds is 29. The van der Waals surface area contributed by atoms with Crippen molar-refractivity contribution in [1.82, 2.24) is 30.7 Å². The lowest BCUT2D eigenvalue weighted by Gasteiger charge is -2.37. The molecule has 0 bridgehead atoms. The van der Waals surface area contributed by atoms with Gasteiger partial charge in [-0.1, -0.05) is 59.9 Å². The van der Waals surface area contributed by atoms with Gasteiger partial charge in [0.1, 0.15) is 16.5 Å². The monoisotopic (exact) mass is 1060 g/mol. The van der Waals surface area contributed by atoms with Crippen LogP contribution in [0.5, 0.6) is 5.75 Å². The molecule has 1 saturated heterocycles. The molecule has 2 heterocycles. The number of esters is 1. The summed E-state index contributed by atoms with van der Waals surface area (Å²) in [5.41, 5.74) is 1.05. The lowest BCUT2D eigenvalue weighted by Crippen LogP contribution is -2.48. The molecule has 5 amide bonds. The number of hydrogen-bond acceptors (Lipinski definition) is 13. The number of nitrogens with one attached hydrogen (secondary N) is 4. The number of anilines is 1. The highest BCUT2D eigenvalue weighted by Crippen LogP contribution is 2.33. The molecule has 20 heteroatoms. The highest BCUT2D eigenvalue weighted by molar-refractivity contribution is 9.12. The number of likely N-dealkylation sites (tertiary alicyclic amines) is 1. The van der Waals surface area contributed by atoms with Crippen molar-refractivity contribution < 1.29 is 53.3 Å². The highest BCUT2D eigenvalue weighted by Gasteiger charge is 2.38. The number of likely N-dealkylation sites (N-methyl/N-ethyl adjacent to an activating group) is 1. The molecule has 1 aromatic heterocycles. The average Bonchev–Trinajstić information content (AvgIpc) is 3.81. The molecule has 1 aliphatic heterocycles. The number of carbonyl (C=O) groups is 8. The van der Waals surface area contributed by atoms with E-state index in [0.29, 0.717) is 17.8 Å². The van der Waals surface area contributed by atoms with Crippen LogP contribution in [0.4, 0.5) is 5.69 Å². The second-order valence-electron chi connectivity index (χ2n) is 18.5. The van der Waals surface area contributed by atoms with E-state index >= 15 is 0 Å². The summed E-state index contributed by atoms with van der Waals surface area (Å²) in [5.74, 6) is -4.27. The Morgan fingerprint density at radius 1 is 1.03 bits per heavy atom. The Morgan fingerprint density at radius 2 is 1.73 bits per heavy atom. The number of amides is 5. The smallest absolute Gasteiger partial charge is 0.303 e. The van der Waals surface area contributed by atoms with Gasteiger partial charge in [0.25, 0.3) is 11.8 Å². The number of hydrogen-bond donors (Lipinski definition) is 6. The molecule has 1 aromatic carbocycles. The van der Waals surface area contributed by atoms with Crippen LogP contribution in [0.25, 0.3) is 0 Å². The number of ketones is 1. The molecule has 0 saturated carbocycles. The van der Waals surface area contributed by atoms with Crippen molar-refractivity contribution in [2.45, 2.75) is 149 Å². The number of piperidine rings is 1. The van der Waals surface area contributed by atoms with Gasteiger partial charge in [-0.3, -0.25) is 43.3 Å². The zero-order chi connectivity index (χ0) is 52.1. The van der Waals surface area contributed by atoms with Crippen molar-refractivity contribution in [1.29, 1.82) is 0 Å². The predicted molar refractivity (Wildman–Crippen MR) is 271 cm³/mol. The van der Waals surface area contributed by atoms with Crippen molar-refractivity contribution in [3.8, 4) is 5.75 Å². The maximum atomic E-state index is 14.4. The largest absolute Gasteiger partial charge is 0.506 e. The Kier molecular flexibility index (Phi) is 25.2. The third-order valence-electron chi connectivity index (χ3n) is 12.6. The summed E-state index contributed by atoms with van der Waals surface area (Å²) in [6, 6.07) is 3.87. The number of benzene rings is 1. The number of carboxylic acid groups (broad SMARTS) is 1. The molecule has 6 N–H and O–H groups in total. The van der Waals surface area contributed by atoms with Crippen LogP contribution in [0.3, 0.4) is 0 Å². The molecule has 18 nitrogen and oxygen atoms in total. The molecule has 1 fully saturated rings. The summed E-state index contributed by atoms with van der Waals surface area (Å²) in [7, 11) is 3.72. The number of aromatic hydroxyl groups is 1. The first kappa shape index (κ1) is 59.1. The van der Waals surface area contributed by atoms with Gasteiger partial charge in [0, 0.05) is 82.2 Å². The fourth-order valence-corrected chi connectivity index (χ4v) is 9.66. The predicted octanol–water partition coefficient (Wildman–Crippen LogP) is 6.67. The number of aliphatic carboxylic acids is 1. The van der Waals surface area contributed by atoms with E-state index in [1.807, 2.05) is 41.7 Å². The second-order valence-corrected chi connectivity index (χ2v) is 20.3. The lowest BCUT2D eigenvalue weighted by molar-refractivity contribution is -0.149. The molecular formula is C50H74BrN7O11S. The molecule has 0 spiro atoms. The molecule has 3 rings (SSSR count). The summed E-state index contributed by atoms with van der Waals surface area (Å²) in [4.78, 5) is 111. The van der Waals surface area contributed by atoms with Gasteiger partial charge in [-0.15, -0.1) is 11.3 Å². The maximum Gasteiger partial charge on any atom is 0.303 e. The van der Waals surface area contributed by atoms with Crippen LogP contribution in [-0.4, -0.2) is 124 Å². The van der Waals surface area contributed by atoms with Gasteiger partial charge in [0.05, 0.1) is 16.2 Å². The minimum atomic E-state index is -0.978. The van der Waals surface area contributed by atoms with Crippen molar-refractivity contribution in [3.05, 3.63) is 50.4 Å². The summed E-state index contributed by atoms with van der Waals surface area (Å²) in [6.45, 7) is 12.4. The van der Waals surface area contributed by atoms with Gasteiger partial charge < -0.3 is 41.1 Å².